The van der Waals surface area contributed by atoms with Gasteiger partial charge in [0.2, 0.25) is 0 Å². The second-order valence-electron chi connectivity index (χ2n) is 8.31. The lowest BCUT2D eigenvalue weighted by molar-refractivity contribution is 0.0795. The highest BCUT2D eigenvalue weighted by atomic mass is 15.3. The maximum Gasteiger partial charge on any atom is 0.0113 e. The van der Waals surface area contributed by atoms with Gasteiger partial charge in [-0.1, -0.05) is 45.0 Å². The van der Waals surface area contributed by atoms with Crippen LogP contribution in [0.3, 0.4) is 0 Å². The maximum absolute atomic E-state index is 2.69. The first-order chi connectivity index (χ1) is 11.4. The molecule has 0 spiro atoms. The predicted octanol–water partition coefficient (Wildman–Crippen LogP) is 5.11. The van der Waals surface area contributed by atoms with Gasteiger partial charge >= 0.3 is 0 Å². The average Bonchev–Trinajstić information content (AvgIpc) is 2.59. The smallest absolute Gasteiger partial charge is 0.0113 e. The standard InChI is InChI=1S/C22H38N2/c1-17(2)21-9-11-22(12-10-21)19(5)7-8-20(6)24-15-13-23(14-16-24)18(3)4/h9-12,17-20H,7-8,13-16H2,1-6H3. The number of piperazine rings is 1. The van der Waals surface area contributed by atoms with E-state index in [1.807, 2.05) is 0 Å². The largest absolute Gasteiger partial charge is 0.298 e. The van der Waals surface area contributed by atoms with E-state index in [1.165, 1.54) is 50.1 Å². The molecule has 1 fully saturated rings. The van der Waals surface area contributed by atoms with Gasteiger partial charge in [-0.05, 0) is 56.6 Å². The fraction of sp³-hybridized carbons (Fsp3) is 0.727. The fourth-order valence-corrected chi connectivity index (χ4v) is 3.74. The highest BCUT2D eigenvalue weighted by Crippen LogP contribution is 2.25. The molecule has 2 heteroatoms. The lowest BCUT2D eigenvalue weighted by Gasteiger charge is -2.40. The van der Waals surface area contributed by atoms with Crippen molar-refractivity contribution in [3.8, 4) is 0 Å². The van der Waals surface area contributed by atoms with Gasteiger partial charge in [-0.25, -0.2) is 0 Å². The molecule has 0 amide bonds. The van der Waals surface area contributed by atoms with E-state index in [2.05, 4.69) is 75.6 Å². The zero-order chi connectivity index (χ0) is 17.7. The van der Waals surface area contributed by atoms with E-state index in [9.17, 15) is 0 Å². The molecular weight excluding hydrogens is 292 g/mol. The van der Waals surface area contributed by atoms with Crippen LogP contribution in [0.4, 0.5) is 0 Å². The zero-order valence-corrected chi connectivity index (χ0v) is 16.8. The van der Waals surface area contributed by atoms with Crippen LogP contribution in [0.5, 0.6) is 0 Å². The van der Waals surface area contributed by atoms with Crippen LogP contribution in [0.15, 0.2) is 24.3 Å². The van der Waals surface area contributed by atoms with Crippen molar-refractivity contribution < 1.29 is 0 Å². The molecule has 0 saturated carbocycles. The summed E-state index contributed by atoms with van der Waals surface area (Å²) >= 11 is 0. The Morgan fingerprint density at radius 1 is 0.708 bits per heavy atom. The Kier molecular flexibility index (Phi) is 7.31. The Labute approximate surface area is 150 Å². The van der Waals surface area contributed by atoms with Gasteiger partial charge in [-0.3, -0.25) is 9.80 Å². The highest BCUT2D eigenvalue weighted by molar-refractivity contribution is 5.26. The summed E-state index contributed by atoms with van der Waals surface area (Å²) in [6.07, 6.45) is 2.58. The molecule has 0 radical (unpaired) electrons. The van der Waals surface area contributed by atoms with Crippen LogP contribution in [0.1, 0.15) is 77.3 Å². The first kappa shape index (κ1) is 19.5. The summed E-state index contributed by atoms with van der Waals surface area (Å²) in [6.45, 7) is 18.9. The predicted molar refractivity (Wildman–Crippen MR) is 106 cm³/mol. The topological polar surface area (TPSA) is 6.48 Å². The molecule has 136 valence electrons. The van der Waals surface area contributed by atoms with E-state index in [-0.39, 0.29) is 0 Å². The number of nitrogens with zero attached hydrogens (tertiary/aromatic N) is 2. The molecule has 1 aliphatic rings. The molecule has 1 aromatic rings. The third-order valence-corrected chi connectivity index (χ3v) is 5.89. The first-order valence-corrected chi connectivity index (χ1v) is 9.96. The minimum atomic E-state index is 0.624. The third-order valence-electron chi connectivity index (χ3n) is 5.89. The lowest BCUT2D eigenvalue weighted by Crippen LogP contribution is -2.51. The Morgan fingerprint density at radius 3 is 1.71 bits per heavy atom. The SMILES string of the molecule is CC(C)c1ccc(C(C)CCC(C)N2CCN(C(C)C)CC2)cc1. The van der Waals surface area contributed by atoms with Gasteiger partial charge in [0.05, 0.1) is 0 Å². The Bertz CT molecular complexity index is 469. The molecule has 2 atom stereocenters. The van der Waals surface area contributed by atoms with Crippen LogP contribution in [-0.2, 0) is 0 Å². The van der Waals surface area contributed by atoms with Crippen LogP contribution >= 0.6 is 0 Å². The van der Waals surface area contributed by atoms with E-state index >= 15 is 0 Å². The summed E-state index contributed by atoms with van der Waals surface area (Å²) in [4.78, 5) is 5.29. The fourth-order valence-electron chi connectivity index (χ4n) is 3.74. The van der Waals surface area contributed by atoms with Crippen LogP contribution in [0, 0.1) is 0 Å². The second-order valence-corrected chi connectivity index (χ2v) is 8.31. The van der Waals surface area contributed by atoms with Gasteiger partial charge in [-0.2, -0.15) is 0 Å². The molecule has 1 heterocycles. The summed E-state index contributed by atoms with van der Waals surface area (Å²) in [7, 11) is 0. The van der Waals surface area contributed by atoms with Crippen LogP contribution < -0.4 is 0 Å². The molecule has 1 aliphatic heterocycles. The average molecular weight is 331 g/mol. The van der Waals surface area contributed by atoms with Crippen molar-refractivity contribution in [2.45, 2.75) is 78.3 Å². The minimum absolute atomic E-state index is 0.624. The van der Waals surface area contributed by atoms with Gasteiger partial charge < -0.3 is 0 Å². The van der Waals surface area contributed by atoms with E-state index in [0.717, 1.165) is 0 Å². The van der Waals surface area contributed by atoms with Crippen molar-refractivity contribution in [2.75, 3.05) is 26.2 Å². The zero-order valence-electron chi connectivity index (χ0n) is 16.8. The lowest BCUT2D eigenvalue weighted by atomic mass is 9.92. The Hall–Kier alpha value is -0.860. The summed E-state index contributed by atoms with van der Waals surface area (Å²) in [5.74, 6) is 1.28. The molecule has 0 aromatic heterocycles. The Balaban J connectivity index is 1.78. The van der Waals surface area contributed by atoms with Crippen molar-refractivity contribution in [1.82, 2.24) is 9.80 Å². The molecule has 2 unspecified atom stereocenters. The summed E-state index contributed by atoms with van der Waals surface area (Å²) in [5, 5.41) is 0. The molecule has 1 aromatic carbocycles. The number of hydrogen-bond donors (Lipinski definition) is 0. The van der Waals surface area contributed by atoms with Gasteiger partial charge in [0, 0.05) is 38.3 Å². The maximum atomic E-state index is 2.69. The second kappa shape index (κ2) is 9.01. The van der Waals surface area contributed by atoms with Gasteiger partial charge in [0.25, 0.3) is 0 Å². The van der Waals surface area contributed by atoms with E-state index in [4.69, 9.17) is 0 Å². The summed E-state index contributed by atoms with van der Waals surface area (Å²) in [6, 6.07) is 10.7. The molecule has 0 bridgehead atoms. The Morgan fingerprint density at radius 2 is 1.21 bits per heavy atom. The van der Waals surface area contributed by atoms with Gasteiger partial charge in [0.15, 0.2) is 0 Å². The van der Waals surface area contributed by atoms with Crippen molar-refractivity contribution in [3.05, 3.63) is 35.4 Å². The van der Waals surface area contributed by atoms with Crippen molar-refractivity contribution in [3.63, 3.8) is 0 Å². The quantitative estimate of drug-likeness (QED) is 0.685. The monoisotopic (exact) mass is 330 g/mol. The van der Waals surface area contributed by atoms with Crippen molar-refractivity contribution in [1.29, 1.82) is 0 Å². The molecular formula is C22H38N2. The van der Waals surface area contributed by atoms with Crippen molar-refractivity contribution >= 4 is 0 Å². The minimum Gasteiger partial charge on any atom is -0.298 e. The van der Waals surface area contributed by atoms with E-state index in [0.29, 0.717) is 23.9 Å². The molecule has 24 heavy (non-hydrogen) atoms. The summed E-state index contributed by atoms with van der Waals surface area (Å²) in [5.41, 5.74) is 2.94. The first-order valence-electron chi connectivity index (χ1n) is 9.96. The van der Waals surface area contributed by atoms with E-state index in [1.54, 1.807) is 0 Å². The molecule has 1 saturated heterocycles. The molecule has 2 nitrogen and oxygen atoms in total. The highest BCUT2D eigenvalue weighted by Gasteiger charge is 2.22. The van der Waals surface area contributed by atoms with Gasteiger partial charge in [-0.15, -0.1) is 0 Å². The van der Waals surface area contributed by atoms with Crippen LogP contribution in [0.25, 0.3) is 0 Å². The van der Waals surface area contributed by atoms with Gasteiger partial charge in [0.1, 0.15) is 0 Å². The molecule has 0 N–H and O–H groups in total. The number of benzene rings is 1. The molecule has 2 rings (SSSR count). The molecule has 0 aliphatic carbocycles. The summed E-state index contributed by atoms with van der Waals surface area (Å²) < 4.78 is 0. The number of hydrogen-bond acceptors (Lipinski definition) is 2. The van der Waals surface area contributed by atoms with Crippen LogP contribution in [0.2, 0.25) is 0 Å². The normalized spacial score (nSPS) is 19.8. The van der Waals surface area contributed by atoms with Crippen molar-refractivity contribution in [2.24, 2.45) is 0 Å². The third kappa shape index (κ3) is 5.32. The number of rotatable bonds is 7. The van der Waals surface area contributed by atoms with Crippen LogP contribution in [-0.4, -0.2) is 48.1 Å². The van der Waals surface area contributed by atoms with E-state index < -0.39 is 0 Å².